The molecule has 0 amide bonds. The van der Waals surface area contributed by atoms with E-state index in [1.807, 2.05) is 0 Å². The smallest absolute Gasteiger partial charge is 0.0718 e. The monoisotopic (exact) mass is 858 g/mol. The molecular formula is C52H60O7P2. The van der Waals surface area contributed by atoms with Crippen LogP contribution in [0.25, 0.3) is 0 Å². The second-order valence-electron chi connectivity index (χ2n) is 14.3. The first-order valence-electron chi connectivity index (χ1n) is 21.3. The van der Waals surface area contributed by atoms with E-state index in [4.69, 9.17) is 33.2 Å². The predicted octanol–water partition coefficient (Wildman–Crippen LogP) is 8.77. The van der Waals surface area contributed by atoms with Crippen LogP contribution >= 0.6 is 15.8 Å². The first-order valence-corrected chi connectivity index (χ1v) is 24.3. The Balaban J connectivity index is 0.695. The molecule has 6 aromatic rings. The van der Waals surface area contributed by atoms with Gasteiger partial charge >= 0.3 is 0 Å². The van der Waals surface area contributed by atoms with Crippen LogP contribution in [0, 0.1) is 0 Å². The van der Waals surface area contributed by atoms with Gasteiger partial charge in [-0.25, -0.2) is 0 Å². The quantitative estimate of drug-likeness (QED) is 0.0332. The lowest BCUT2D eigenvalue weighted by Gasteiger charge is -2.19. The molecule has 0 saturated heterocycles. The van der Waals surface area contributed by atoms with Crippen molar-refractivity contribution in [3.05, 3.63) is 192 Å². The molecule has 0 saturated carbocycles. The van der Waals surface area contributed by atoms with E-state index in [2.05, 4.69) is 170 Å². The summed E-state index contributed by atoms with van der Waals surface area (Å²) in [7, 11) is -0.918. The Labute approximate surface area is 365 Å². The van der Waals surface area contributed by atoms with E-state index in [0.29, 0.717) is 92.5 Å². The Hall–Kier alpha value is -4.10. The van der Waals surface area contributed by atoms with Crippen molar-refractivity contribution in [2.75, 3.05) is 79.3 Å². The molecule has 0 aliphatic carbocycles. The molecule has 61 heavy (non-hydrogen) atoms. The molecule has 9 heteroatoms. The average Bonchev–Trinajstić information content (AvgIpc) is 3.32. The standard InChI is InChI=1S/C52H60O7P2/c1-5-13-49(14-6-1)60(50-15-7-2-8-16-50)43-47-25-21-45(22-26-47)41-58-39-37-56-35-33-54-31-29-53-30-32-55-34-36-57-38-40-59-42-46-23-27-48(28-24-46)44-61(51-17-9-3-10-18-51)52-19-11-4-12-20-52/h1-28H,29-44H2. The maximum absolute atomic E-state index is 5.85. The fraction of sp³-hybridized carbons (Fsp3) is 0.308. The minimum absolute atomic E-state index is 0.459. The molecule has 0 spiro atoms. The summed E-state index contributed by atoms with van der Waals surface area (Å²) in [5.41, 5.74) is 5.01. The Kier molecular flexibility index (Phi) is 21.7. The molecule has 0 bridgehead atoms. The van der Waals surface area contributed by atoms with E-state index < -0.39 is 15.8 Å². The Morgan fingerprint density at radius 3 is 0.689 bits per heavy atom. The van der Waals surface area contributed by atoms with Gasteiger partial charge in [0.25, 0.3) is 0 Å². The number of hydrogen-bond donors (Lipinski definition) is 0. The summed E-state index contributed by atoms with van der Waals surface area (Å²) in [5, 5.41) is 5.59. The molecule has 0 unspecified atom stereocenters. The van der Waals surface area contributed by atoms with Crippen LogP contribution in [0.5, 0.6) is 0 Å². The van der Waals surface area contributed by atoms with Gasteiger partial charge in [0.15, 0.2) is 0 Å². The summed E-state index contributed by atoms with van der Waals surface area (Å²) in [6.07, 6.45) is 2.03. The van der Waals surface area contributed by atoms with Crippen molar-refractivity contribution in [3.8, 4) is 0 Å². The van der Waals surface area contributed by atoms with Gasteiger partial charge in [0.2, 0.25) is 0 Å². The summed E-state index contributed by atoms with van der Waals surface area (Å²) in [6.45, 7) is 7.46. The topological polar surface area (TPSA) is 64.6 Å². The highest BCUT2D eigenvalue weighted by atomic mass is 31.1. The SMILES string of the molecule is c1ccc(P(Cc2ccc(COCCOCCOCCOCCOCCOCCOCc3ccc(CP(c4ccccc4)c4ccccc4)cc3)cc2)c2ccccc2)cc1. The molecule has 0 aliphatic heterocycles. The van der Waals surface area contributed by atoms with Crippen LogP contribution < -0.4 is 21.2 Å². The van der Waals surface area contributed by atoms with Crippen LogP contribution in [0.1, 0.15) is 22.3 Å². The molecule has 0 aliphatic rings. The lowest BCUT2D eigenvalue weighted by Crippen LogP contribution is -2.14. The third-order valence-electron chi connectivity index (χ3n) is 9.77. The second-order valence-corrected chi connectivity index (χ2v) is 18.7. The number of hydrogen-bond acceptors (Lipinski definition) is 7. The lowest BCUT2D eigenvalue weighted by molar-refractivity contribution is -0.0217. The molecule has 0 aromatic heterocycles. The fourth-order valence-corrected chi connectivity index (χ4v) is 11.1. The summed E-state index contributed by atoms with van der Waals surface area (Å²) in [6, 6.07) is 61.0. The van der Waals surface area contributed by atoms with Crippen LogP contribution in [0.4, 0.5) is 0 Å². The molecule has 0 N–H and O–H groups in total. The van der Waals surface area contributed by atoms with E-state index in [1.165, 1.54) is 32.3 Å². The predicted molar refractivity (Wildman–Crippen MR) is 252 cm³/mol. The molecule has 6 rings (SSSR count). The largest absolute Gasteiger partial charge is 0.377 e. The average molecular weight is 859 g/mol. The Bertz CT molecular complexity index is 1760. The maximum Gasteiger partial charge on any atom is 0.0718 e. The highest BCUT2D eigenvalue weighted by molar-refractivity contribution is 7.72. The van der Waals surface area contributed by atoms with E-state index >= 15 is 0 Å². The van der Waals surface area contributed by atoms with Crippen molar-refractivity contribution in [2.45, 2.75) is 25.5 Å². The zero-order chi connectivity index (χ0) is 41.8. The van der Waals surface area contributed by atoms with Gasteiger partial charge in [-0.1, -0.05) is 170 Å². The molecule has 0 atom stereocenters. The maximum atomic E-state index is 5.85. The third-order valence-corrected chi connectivity index (χ3v) is 14.8. The molecule has 7 nitrogen and oxygen atoms in total. The van der Waals surface area contributed by atoms with Gasteiger partial charge in [-0.2, -0.15) is 0 Å². The number of benzene rings is 6. The van der Waals surface area contributed by atoms with Gasteiger partial charge < -0.3 is 33.2 Å². The van der Waals surface area contributed by atoms with Crippen molar-refractivity contribution in [2.24, 2.45) is 0 Å². The Morgan fingerprint density at radius 1 is 0.230 bits per heavy atom. The van der Waals surface area contributed by atoms with E-state index in [-0.39, 0.29) is 0 Å². The molecule has 0 radical (unpaired) electrons. The fourth-order valence-electron chi connectivity index (χ4n) is 6.54. The lowest BCUT2D eigenvalue weighted by atomic mass is 10.2. The van der Waals surface area contributed by atoms with Crippen LogP contribution in [0.2, 0.25) is 0 Å². The normalized spacial score (nSPS) is 11.4. The van der Waals surface area contributed by atoms with Gasteiger partial charge in [0, 0.05) is 12.3 Å². The molecule has 6 aromatic carbocycles. The summed E-state index contributed by atoms with van der Waals surface area (Å²) < 4.78 is 39.8. The summed E-state index contributed by atoms with van der Waals surface area (Å²) in [4.78, 5) is 0. The van der Waals surface area contributed by atoms with Gasteiger partial charge in [-0.15, -0.1) is 0 Å². The first kappa shape index (κ1) is 46.4. The van der Waals surface area contributed by atoms with Crippen molar-refractivity contribution < 1.29 is 33.2 Å². The summed E-state index contributed by atoms with van der Waals surface area (Å²) in [5.74, 6) is 0. The van der Waals surface area contributed by atoms with Crippen molar-refractivity contribution in [1.82, 2.24) is 0 Å². The van der Waals surface area contributed by atoms with Gasteiger partial charge in [-0.3, -0.25) is 0 Å². The van der Waals surface area contributed by atoms with Gasteiger partial charge in [0.1, 0.15) is 0 Å². The van der Waals surface area contributed by atoms with Crippen LogP contribution in [0.3, 0.4) is 0 Å². The van der Waals surface area contributed by atoms with Crippen molar-refractivity contribution >= 4 is 37.1 Å². The van der Waals surface area contributed by atoms with Crippen molar-refractivity contribution in [3.63, 3.8) is 0 Å². The van der Waals surface area contributed by atoms with Crippen molar-refractivity contribution in [1.29, 1.82) is 0 Å². The highest BCUT2D eigenvalue weighted by Gasteiger charge is 2.15. The van der Waals surface area contributed by atoms with Gasteiger partial charge in [-0.05, 0) is 59.3 Å². The minimum atomic E-state index is -0.459. The first-order chi connectivity index (χ1) is 30.3. The molecule has 0 heterocycles. The Morgan fingerprint density at radius 2 is 0.443 bits per heavy atom. The molecule has 0 fully saturated rings. The molecule has 320 valence electrons. The minimum Gasteiger partial charge on any atom is -0.377 e. The van der Waals surface area contributed by atoms with E-state index in [1.54, 1.807) is 0 Å². The van der Waals surface area contributed by atoms with Crippen LogP contribution in [-0.4, -0.2) is 79.3 Å². The number of rotatable bonds is 30. The highest BCUT2D eigenvalue weighted by Crippen LogP contribution is 2.39. The van der Waals surface area contributed by atoms with Gasteiger partial charge in [0.05, 0.1) is 92.5 Å². The van der Waals surface area contributed by atoms with E-state index in [0.717, 1.165) is 23.5 Å². The van der Waals surface area contributed by atoms with E-state index in [9.17, 15) is 0 Å². The zero-order valence-corrected chi connectivity index (χ0v) is 37.0. The third kappa shape index (κ3) is 17.7. The molecular weight excluding hydrogens is 799 g/mol. The summed E-state index contributed by atoms with van der Waals surface area (Å²) >= 11 is 0. The van der Waals surface area contributed by atoms with Crippen LogP contribution in [-0.2, 0) is 58.7 Å². The zero-order valence-electron chi connectivity index (χ0n) is 35.2. The number of ether oxygens (including phenoxy) is 7. The second kappa shape index (κ2) is 28.5. The van der Waals surface area contributed by atoms with Crippen LogP contribution in [0.15, 0.2) is 170 Å².